The lowest BCUT2D eigenvalue weighted by Gasteiger charge is -2.25. The standard InChI is InChI=1S/C41H55N5O8/c1-9-26-21(3)30-18-32-23(5)28(11-12-36(48)49)39(45-32)29(17-37(50)52-8)40-38(41(51)42-13-14-53-15-16-54-25(7)47)24(6)33(46-40)20-35-27(10-2)22(4)31(44-35)19-34(26)43-30/h18-20,23,28,30,40,43-46H,9-17H2,1-8H3,(H,42,51)(H,48,49)/b32-18-,33-20-,34-19?,39-29-. The maximum absolute atomic E-state index is 14.2. The molecule has 5 heterocycles. The van der Waals surface area contributed by atoms with Crippen LogP contribution in [0.2, 0.25) is 0 Å². The first-order valence-corrected chi connectivity index (χ1v) is 18.9. The summed E-state index contributed by atoms with van der Waals surface area (Å²) < 4.78 is 15.7. The second kappa shape index (κ2) is 17.4. The van der Waals surface area contributed by atoms with E-state index in [4.69, 9.17) is 14.2 Å². The summed E-state index contributed by atoms with van der Waals surface area (Å²) in [6.07, 6.45) is 8.15. The van der Waals surface area contributed by atoms with Gasteiger partial charge in [0.1, 0.15) is 6.61 Å². The summed E-state index contributed by atoms with van der Waals surface area (Å²) in [4.78, 5) is 54.1. The summed E-state index contributed by atoms with van der Waals surface area (Å²) in [5.74, 6) is -2.51. The van der Waals surface area contributed by atoms with E-state index in [-0.39, 0.29) is 63.0 Å². The Morgan fingerprint density at radius 2 is 1.70 bits per heavy atom. The molecule has 5 rings (SSSR count). The van der Waals surface area contributed by atoms with E-state index in [0.717, 1.165) is 58.1 Å². The molecule has 1 amide bonds. The number of fused-ring (bicyclic) bond motifs is 8. The van der Waals surface area contributed by atoms with Crippen LogP contribution in [0.4, 0.5) is 0 Å². The van der Waals surface area contributed by atoms with Crippen LogP contribution in [0.5, 0.6) is 0 Å². The summed E-state index contributed by atoms with van der Waals surface area (Å²) in [6.45, 7) is 14.5. The molecule has 0 aliphatic carbocycles. The molecule has 0 radical (unpaired) electrons. The lowest BCUT2D eigenvalue weighted by molar-refractivity contribution is -0.142. The van der Waals surface area contributed by atoms with Crippen LogP contribution in [0.3, 0.4) is 0 Å². The van der Waals surface area contributed by atoms with Crippen LogP contribution in [-0.2, 0) is 39.8 Å². The van der Waals surface area contributed by atoms with Crippen LogP contribution < -0.4 is 21.3 Å². The highest BCUT2D eigenvalue weighted by atomic mass is 16.6. The molecule has 292 valence electrons. The number of aliphatic carboxylic acids is 1. The van der Waals surface area contributed by atoms with Crippen molar-refractivity contribution in [2.24, 2.45) is 11.8 Å². The molecule has 4 atom stereocenters. The number of rotatable bonds is 14. The highest BCUT2D eigenvalue weighted by Crippen LogP contribution is 2.43. The summed E-state index contributed by atoms with van der Waals surface area (Å²) >= 11 is 0. The van der Waals surface area contributed by atoms with E-state index in [1.165, 1.54) is 25.2 Å². The molecular weight excluding hydrogens is 690 g/mol. The van der Waals surface area contributed by atoms with Crippen molar-refractivity contribution in [1.82, 2.24) is 26.3 Å². The van der Waals surface area contributed by atoms with Crippen molar-refractivity contribution in [3.8, 4) is 0 Å². The SMILES string of the molecule is CCC1=C(C)C2/C=C3\N/C(=C(/CC(=O)OC)C4N/C(=C\c5[nH]c(c(C)c5CC)C=C1N2)C(C)=C4C(=O)NCCOCCOC(C)=O)C(CCC(=O)O)C3C. The number of carboxylic acid groups (broad SMARTS) is 1. The van der Waals surface area contributed by atoms with E-state index in [9.17, 15) is 24.3 Å². The van der Waals surface area contributed by atoms with Crippen LogP contribution in [0.25, 0.3) is 12.2 Å². The average molecular weight is 746 g/mol. The number of amides is 1. The molecule has 1 saturated heterocycles. The monoisotopic (exact) mass is 745 g/mol. The molecule has 0 spiro atoms. The maximum atomic E-state index is 14.2. The number of ether oxygens (including phenoxy) is 3. The van der Waals surface area contributed by atoms with Crippen molar-refractivity contribution >= 4 is 36.0 Å². The predicted octanol–water partition coefficient (Wildman–Crippen LogP) is 4.68. The minimum absolute atomic E-state index is 0.0660. The molecule has 13 heteroatoms. The highest BCUT2D eigenvalue weighted by Gasteiger charge is 2.42. The quantitative estimate of drug-likeness (QED) is 0.115. The van der Waals surface area contributed by atoms with Gasteiger partial charge in [0.25, 0.3) is 0 Å². The Hall–Kier alpha value is -5.04. The molecule has 13 nitrogen and oxygen atoms in total. The minimum Gasteiger partial charge on any atom is -0.481 e. The van der Waals surface area contributed by atoms with E-state index in [2.05, 4.69) is 73.0 Å². The second-order valence-corrected chi connectivity index (χ2v) is 14.3. The molecule has 1 aromatic heterocycles. The van der Waals surface area contributed by atoms with Gasteiger partial charge in [0, 0.05) is 71.5 Å². The maximum Gasteiger partial charge on any atom is 0.309 e. The van der Waals surface area contributed by atoms with Gasteiger partial charge in [0.05, 0.1) is 38.8 Å². The number of nitrogens with one attached hydrogen (secondary N) is 5. The van der Waals surface area contributed by atoms with E-state index < -0.39 is 23.9 Å². The molecular formula is C41H55N5O8. The Morgan fingerprint density at radius 1 is 0.963 bits per heavy atom. The zero-order valence-corrected chi connectivity index (χ0v) is 32.7. The van der Waals surface area contributed by atoms with Crippen molar-refractivity contribution in [3.63, 3.8) is 0 Å². The lowest BCUT2D eigenvalue weighted by Crippen LogP contribution is -2.38. The van der Waals surface area contributed by atoms with Gasteiger partial charge < -0.3 is 45.6 Å². The first-order chi connectivity index (χ1) is 25.8. The van der Waals surface area contributed by atoms with Gasteiger partial charge in [0.2, 0.25) is 5.91 Å². The van der Waals surface area contributed by atoms with Crippen LogP contribution >= 0.6 is 0 Å². The first-order valence-electron chi connectivity index (χ1n) is 18.9. The third-order valence-electron chi connectivity index (χ3n) is 11.0. The number of carbonyl (C=O) groups excluding carboxylic acids is 3. The Labute approximate surface area is 317 Å². The topological polar surface area (TPSA) is 180 Å². The Kier molecular flexibility index (Phi) is 12.9. The molecule has 4 aliphatic heterocycles. The number of carbonyl (C=O) groups is 4. The molecule has 54 heavy (non-hydrogen) atoms. The zero-order valence-electron chi connectivity index (χ0n) is 32.7. The van der Waals surface area contributed by atoms with E-state index in [0.29, 0.717) is 23.1 Å². The molecule has 6 N–H and O–H groups in total. The fourth-order valence-electron chi connectivity index (χ4n) is 8.08. The summed E-state index contributed by atoms with van der Waals surface area (Å²) in [7, 11) is 1.33. The van der Waals surface area contributed by atoms with Gasteiger partial charge in [0.15, 0.2) is 0 Å². The van der Waals surface area contributed by atoms with Crippen LogP contribution in [0.15, 0.2) is 56.7 Å². The second-order valence-electron chi connectivity index (χ2n) is 14.3. The number of aromatic amines is 1. The van der Waals surface area contributed by atoms with Crippen molar-refractivity contribution in [3.05, 3.63) is 79.2 Å². The molecule has 1 fully saturated rings. The smallest absolute Gasteiger partial charge is 0.309 e. The van der Waals surface area contributed by atoms with Gasteiger partial charge in [-0.2, -0.15) is 0 Å². The van der Waals surface area contributed by atoms with Crippen LogP contribution in [0.1, 0.15) is 89.7 Å². The number of esters is 2. The highest BCUT2D eigenvalue weighted by molar-refractivity contribution is 5.99. The van der Waals surface area contributed by atoms with Gasteiger partial charge >= 0.3 is 17.9 Å². The van der Waals surface area contributed by atoms with Gasteiger partial charge in [-0.05, 0) is 91.7 Å². The zero-order chi connectivity index (χ0) is 39.3. The van der Waals surface area contributed by atoms with Gasteiger partial charge in [-0.15, -0.1) is 0 Å². The van der Waals surface area contributed by atoms with Crippen molar-refractivity contribution < 1.29 is 38.5 Å². The van der Waals surface area contributed by atoms with Gasteiger partial charge in [-0.3, -0.25) is 19.2 Å². The average Bonchev–Trinajstić information content (AvgIpc) is 3.81. The minimum atomic E-state index is -0.909. The van der Waals surface area contributed by atoms with E-state index in [1.54, 1.807) is 0 Å². The fourth-order valence-corrected chi connectivity index (χ4v) is 8.08. The molecule has 0 aromatic carbocycles. The molecule has 0 saturated carbocycles. The van der Waals surface area contributed by atoms with Gasteiger partial charge in [-0.1, -0.05) is 20.8 Å². The number of carboxylic acids is 1. The number of methoxy groups -OCH3 is 1. The van der Waals surface area contributed by atoms with E-state index >= 15 is 0 Å². The molecule has 4 unspecified atom stereocenters. The Morgan fingerprint density at radius 3 is 2.37 bits per heavy atom. The lowest BCUT2D eigenvalue weighted by atomic mass is 9.83. The number of H-pyrrole nitrogens is 1. The van der Waals surface area contributed by atoms with E-state index in [1.807, 2.05) is 13.0 Å². The summed E-state index contributed by atoms with van der Waals surface area (Å²) in [5.41, 5.74) is 11.8. The normalized spacial score (nSPS) is 25.1. The number of hydrogen-bond donors (Lipinski definition) is 6. The Bertz CT molecular complexity index is 1880. The van der Waals surface area contributed by atoms with Crippen LogP contribution in [-0.4, -0.2) is 79.5 Å². The fraction of sp³-hybridized carbons (Fsp3) is 0.512. The Balaban J connectivity index is 1.69. The van der Waals surface area contributed by atoms with Crippen molar-refractivity contribution in [2.45, 2.75) is 92.7 Å². The van der Waals surface area contributed by atoms with Crippen LogP contribution in [0, 0.1) is 18.8 Å². The summed E-state index contributed by atoms with van der Waals surface area (Å²) in [6, 6.07) is -0.844. The number of allylic oxidation sites excluding steroid dienone is 4. The molecule has 4 aliphatic rings. The first kappa shape index (κ1) is 40.2. The predicted molar refractivity (Wildman–Crippen MR) is 205 cm³/mol. The molecule has 8 bridgehead atoms. The molecule has 1 aromatic rings. The summed E-state index contributed by atoms with van der Waals surface area (Å²) in [5, 5.41) is 23.8. The largest absolute Gasteiger partial charge is 0.481 e. The third kappa shape index (κ3) is 8.51. The van der Waals surface area contributed by atoms with Crippen molar-refractivity contribution in [2.75, 3.05) is 33.5 Å². The number of hydrogen-bond acceptors (Lipinski definition) is 10. The number of aromatic nitrogens is 1. The third-order valence-corrected chi connectivity index (χ3v) is 11.0. The van der Waals surface area contributed by atoms with Crippen molar-refractivity contribution in [1.29, 1.82) is 0 Å². The van der Waals surface area contributed by atoms with Gasteiger partial charge in [-0.25, -0.2) is 0 Å².